The fourth-order valence-electron chi connectivity index (χ4n) is 3.31. The lowest BCUT2D eigenvalue weighted by Gasteiger charge is -2.08. The summed E-state index contributed by atoms with van der Waals surface area (Å²) in [7, 11) is 0. The van der Waals surface area contributed by atoms with E-state index in [1.54, 1.807) is 12.1 Å². The first kappa shape index (κ1) is 19.8. The van der Waals surface area contributed by atoms with Crippen LogP contribution in [-0.2, 0) is 13.1 Å². The highest BCUT2D eigenvalue weighted by Crippen LogP contribution is 2.31. The molecule has 0 saturated carbocycles. The molecular formula is C21H26Cl2N3O+. The third-order valence-corrected chi connectivity index (χ3v) is 5.26. The third-order valence-electron chi connectivity index (χ3n) is 4.76. The van der Waals surface area contributed by atoms with E-state index in [4.69, 9.17) is 23.2 Å². The van der Waals surface area contributed by atoms with E-state index in [0.717, 1.165) is 24.4 Å². The minimum absolute atomic E-state index is 0.0655. The standard InChI is InChI=1S/C21H25Cl2N3O/c1-2-3-4-5-8-11-26-19-10-7-6-9-18(19)25-21(26)24-14-15-12-16(22)13-17(23)20(15)27/h6-7,9-10,12-13H,2-5,8,11,14H2,1H3,(H2,24,25,27)/p+1. The van der Waals surface area contributed by atoms with Gasteiger partial charge in [-0.2, -0.15) is 0 Å². The molecule has 0 atom stereocenters. The summed E-state index contributed by atoms with van der Waals surface area (Å²) in [5, 5.41) is 14.4. The van der Waals surface area contributed by atoms with Crippen LogP contribution < -0.4 is 9.88 Å². The summed E-state index contributed by atoms with van der Waals surface area (Å²) >= 11 is 12.1. The fourth-order valence-corrected chi connectivity index (χ4v) is 3.84. The number of unbranched alkanes of at least 4 members (excludes halogenated alkanes) is 4. The number of nitrogens with zero attached hydrogens (tertiary/aromatic N) is 1. The van der Waals surface area contributed by atoms with Crippen molar-refractivity contribution < 1.29 is 9.67 Å². The van der Waals surface area contributed by atoms with Crippen LogP contribution in [0.25, 0.3) is 11.0 Å². The smallest absolute Gasteiger partial charge is 0.356 e. The SMILES string of the molecule is CCCCCCC[n+]1c(NCc2cc(Cl)cc(Cl)c2O)[nH]c2ccccc21. The normalized spacial score (nSPS) is 11.2. The number of aryl methyl sites for hydroxylation is 1. The first-order valence-electron chi connectivity index (χ1n) is 9.51. The van der Waals surface area contributed by atoms with E-state index in [1.165, 1.54) is 31.2 Å². The van der Waals surface area contributed by atoms with Gasteiger partial charge in [0, 0.05) is 10.6 Å². The summed E-state index contributed by atoms with van der Waals surface area (Å²) in [6, 6.07) is 11.5. The molecule has 0 spiro atoms. The van der Waals surface area contributed by atoms with Crippen LogP contribution in [0.5, 0.6) is 5.75 Å². The quantitative estimate of drug-likeness (QED) is 0.299. The minimum Gasteiger partial charge on any atom is -0.506 e. The Balaban J connectivity index is 1.78. The lowest BCUT2D eigenvalue weighted by atomic mass is 10.1. The number of hydrogen-bond acceptors (Lipinski definition) is 2. The van der Waals surface area contributed by atoms with Gasteiger partial charge in [-0.1, -0.05) is 67.9 Å². The lowest BCUT2D eigenvalue weighted by molar-refractivity contribution is -0.657. The number of H-pyrrole nitrogens is 1. The summed E-state index contributed by atoms with van der Waals surface area (Å²) in [4.78, 5) is 3.44. The van der Waals surface area contributed by atoms with Gasteiger partial charge in [-0.25, -0.2) is 9.55 Å². The molecule has 4 nitrogen and oxygen atoms in total. The van der Waals surface area contributed by atoms with Crippen LogP contribution in [-0.4, -0.2) is 10.1 Å². The summed E-state index contributed by atoms with van der Waals surface area (Å²) < 4.78 is 2.27. The zero-order valence-electron chi connectivity index (χ0n) is 15.6. The van der Waals surface area contributed by atoms with E-state index in [0.29, 0.717) is 17.1 Å². The predicted octanol–water partition coefficient (Wildman–Crippen LogP) is 6.05. The molecule has 3 aromatic rings. The molecule has 0 unspecified atom stereocenters. The molecular weight excluding hydrogens is 381 g/mol. The number of anilines is 1. The van der Waals surface area contributed by atoms with Crippen molar-refractivity contribution in [1.82, 2.24) is 4.98 Å². The molecule has 0 aliphatic carbocycles. The number of phenolic OH excluding ortho intramolecular Hbond substituents is 1. The Bertz CT molecular complexity index is 908. The fraction of sp³-hybridized carbons (Fsp3) is 0.381. The molecule has 0 aliphatic rings. The van der Waals surface area contributed by atoms with Crippen LogP contribution in [0.1, 0.15) is 44.6 Å². The third kappa shape index (κ3) is 4.88. The van der Waals surface area contributed by atoms with Crippen molar-refractivity contribution in [2.24, 2.45) is 0 Å². The summed E-state index contributed by atoms with van der Waals surface area (Å²) in [5.74, 6) is 0.984. The number of phenols is 1. The van der Waals surface area contributed by atoms with Gasteiger partial charge in [0.05, 0.1) is 18.1 Å². The van der Waals surface area contributed by atoms with Crippen molar-refractivity contribution in [3.05, 3.63) is 52.0 Å². The lowest BCUT2D eigenvalue weighted by Crippen LogP contribution is -2.36. The number of imidazole rings is 1. The Hall–Kier alpha value is -1.91. The van der Waals surface area contributed by atoms with Gasteiger partial charge < -0.3 is 5.11 Å². The van der Waals surface area contributed by atoms with Crippen molar-refractivity contribution >= 4 is 40.2 Å². The first-order chi connectivity index (χ1) is 13.1. The van der Waals surface area contributed by atoms with Crippen LogP contribution in [0.3, 0.4) is 0 Å². The predicted molar refractivity (Wildman–Crippen MR) is 113 cm³/mol. The average Bonchev–Trinajstić information content (AvgIpc) is 3.01. The Morgan fingerprint density at radius 2 is 1.85 bits per heavy atom. The molecule has 0 aliphatic heterocycles. The van der Waals surface area contributed by atoms with Gasteiger partial charge in [-0.3, -0.25) is 5.32 Å². The second-order valence-corrected chi connectivity index (χ2v) is 7.65. The van der Waals surface area contributed by atoms with E-state index in [9.17, 15) is 5.11 Å². The molecule has 3 rings (SSSR count). The highest BCUT2D eigenvalue weighted by molar-refractivity contribution is 6.35. The van der Waals surface area contributed by atoms with E-state index in [-0.39, 0.29) is 10.8 Å². The molecule has 1 aromatic heterocycles. The van der Waals surface area contributed by atoms with Gasteiger partial charge in [0.1, 0.15) is 16.8 Å². The highest BCUT2D eigenvalue weighted by Gasteiger charge is 2.18. The molecule has 1 heterocycles. The van der Waals surface area contributed by atoms with Crippen molar-refractivity contribution in [2.75, 3.05) is 5.32 Å². The maximum absolute atomic E-state index is 10.2. The van der Waals surface area contributed by atoms with Crippen molar-refractivity contribution in [2.45, 2.75) is 52.1 Å². The van der Waals surface area contributed by atoms with Gasteiger partial charge in [-0.05, 0) is 30.7 Å². The maximum atomic E-state index is 10.2. The number of rotatable bonds is 9. The number of benzene rings is 2. The number of fused-ring (bicyclic) bond motifs is 1. The number of halogens is 2. The topological polar surface area (TPSA) is 51.9 Å². The molecule has 27 heavy (non-hydrogen) atoms. The number of hydrogen-bond donors (Lipinski definition) is 3. The number of aromatic nitrogens is 2. The number of aromatic amines is 1. The number of nitrogens with one attached hydrogen (secondary N) is 2. The van der Waals surface area contributed by atoms with E-state index >= 15 is 0 Å². The van der Waals surface area contributed by atoms with Gasteiger partial charge in [0.25, 0.3) is 0 Å². The van der Waals surface area contributed by atoms with Crippen LogP contribution in [0, 0.1) is 0 Å². The molecule has 0 radical (unpaired) electrons. The Labute approximate surface area is 170 Å². The molecule has 144 valence electrons. The van der Waals surface area contributed by atoms with Crippen molar-refractivity contribution in [3.63, 3.8) is 0 Å². The Morgan fingerprint density at radius 1 is 1.07 bits per heavy atom. The monoisotopic (exact) mass is 406 g/mol. The molecule has 6 heteroatoms. The Kier molecular flexibility index (Phi) is 6.86. The zero-order chi connectivity index (χ0) is 19.2. The summed E-state index contributed by atoms with van der Waals surface area (Å²) in [6.07, 6.45) is 6.17. The zero-order valence-corrected chi connectivity index (χ0v) is 17.1. The van der Waals surface area contributed by atoms with Gasteiger partial charge in [0.15, 0.2) is 0 Å². The average molecular weight is 407 g/mol. The highest BCUT2D eigenvalue weighted by atomic mass is 35.5. The largest absolute Gasteiger partial charge is 0.506 e. The van der Waals surface area contributed by atoms with Crippen molar-refractivity contribution in [1.29, 1.82) is 0 Å². The summed E-state index contributed by atoms with van der Waals surface area (Å²) in [5.41, 5.74) is 2.92. The van der Waals surface area contributed by atoms with Crippen LogP contribution in [0.4, 0.5) is 5.95 Å². The molecule has 3 N–H and O–H groups in total. The minimum atomic E-state index is 0.0655. The second kappa shape index (κ2) is 9.34. The molecule has 0 fully saturated rings. The first-order valence-corrected chi connectivity index (χ1v) is 10.3. The van der Waals surface area contributed by atoms with E-state index < -0.39 is 0 Å². The van der Waals surface area contributed by atoms with E-state index in [2.05, 4.69) is 40.0 Å². The molecule has 0 saturated heterocycles. The molecule has 0 bridgehead atoms. The summed E-state index contributed by atoms with van der Waals surface area (Å²) in [6.45, 7) is 3.60. The van der Waals surface area contributed by atoms with Crippen molar-refractivity contribution in [3.8, 4) is 5.75 Å². The Morgan fingerprint density at radius 3 is 2.67 bits per heavy atom. The molecule has 0 amide bonds. The molecule has 2 aromatic carbocycles. The van der Waals surface area contributed by atoms with Crippen LogP contribution >= 0.6 is 23.2 Å². The van der Waals surface area contributed by atoms with Crippen LogP contribution in [0.15, 0.2) is 36.4 Å². The maximum Gasteiger partial charge on any atom is 0.356 e. The van der Waals surface area contributed by atoms with E-state index in [1.807, 2.05) is 6.07 Å². The number of aromatic hydroxyl groups is 1. The van der Waals surface area contributed by atoms with Gasteiger partial charge in [0.2, 0.25) is 0 Å². The van der Waals surface area contributed by atoms with Crippen LogP contribution in [0.2, 0.25) is 10.0 Å². The number of para-hydroxylation sites is 2. The van der Waals surface area contributed by atoms with Gasteiger partial charge in [-0.15, -0.1) is 0 Å². The van der Waals surface area contributed by atoms with Gasteiger partial charge >= 0.3 is 5.95 Å². The second-order valence-electron chi connectivity index (χ2n) is 6.81.